The largest absolute Gasteiger partial charge is 0.494 e. The molecule has 2 aromatic rings. The second-order valence-electron chi connectivity index (χ2n) is 2.75. The van der Waals surface area contributed by atoms with Crippen LogP contribution in [0.2, 0.25) is 0 Å². The number of anilines is 2. The molecule has 0 saturated carbocycles. The van der Waals surface area contributed by atoms with E-state index in [1.54, 1.807) is 24.5 Å². The van der Waals surface area contributed by atoms with Crippen molar-refractivity contribution in [1.82, 2.24) is 0 Å². The van der Waals surface area contributed by atoms with Gasteiger partial charge in [0.05, 0.1) is 23.2 Å². The van der Waals surface area contributed by atoms with E-state index in [0.717, 1.165) is 10.1 Å². The summed E-state index contributed by atoms with van der Waals surface area (Å²) in [7, 11) is 1.61. The normalized spacial score (nSPS) is 10.5. The number of thiophene rings is 1. The zero-order valence-electron chi connectivity index (χ0n) is 7.20. The fourth-order valence-corrected chi connectivity index (χ4v) is 2.22. The number of nitrogen functional groups attached to an aromatic ring is 2. The van der Waals surface area contributed by atoms with Crippen LogP contribution in [0.1, 0.15) is 0 Å². The predicted octanol–water partition coefficient (Wildman–Crippen LogP) is 2.07. The first-order valence-electron chi connectivity index (χ1n) is 3.83. The van der Waals surface area contributed by atoms with E-state index < -0.39 is 0 Å². The summed E-state index contributed by atoms with van der Waals surface area (Å²) in [6, 6.07) is 3.70. The summed E-state index contributed by atoms with van der Waals surface area (Å²) < 4.78 is 6.23. The first-order chi connectivity index (χ1) is 6.24. The van der Waals surface area contributed by atoms with Gasteiger partial charge in [0.25, 0.3) is 0 Å². The topological polar surface area (TPSA) is 61.3 Å². The van der Waals surface area contributed by atoms with E-state index in [1.807, 2.05) is 11.4 Å². The zero-order valence-corrected chi connectivity index (χ0v) is 8.02. The molecule has 0 aliphatic carbocycles. The molecule has 68 valence electrons. The van der Waals surface area contributed by atoms with E-state index in [1.165, 1.54) is 0 Å². The Morgan fingerprint density at radius 2 is 2.08 bits per heavy atom. The summed E-state index contributed by atoms with van der Waals surface area (Å²) in [5.74, 6) is 0.713. The lowest BCUT2D eigenvalue weighted by Gasteiger charge is -2.07. The molecule has 3 nitrogen and oxygen atoms in total. The SMILES string of the molecule is COc1c(N)cc(N)c2sccc12. The van der Waals surface area contributed by atoms with Crippen LogP contribution in [0.25, 0.3) is 10.1 Å². The van der Waals surface area contributed by atoms with Crippen LogP contribution in [0.3, 0.4) is 0 Å². The van der Waals surface area contributed by atoms with Gasteiger partial charge in [-0.3, -0.25) is 0 Å². The summed E-state index contributed by atoms with van der Waals surface area (Å²) in [5, 5.41) is 2.97. The number of hydrogen-bond acceptors (Lipinski definition) is 4. The highest BCUT2D eigenvalue weighted by Crippen LogP contribution is 2.38. The Morgan fingerprint density at radius 3 is 2.77 bits per heavy atom. The monoisotopic (exact) mass is 194 g/mol. The lowest BCUT2D eigenvalue weighted by Crippen LogP contribution is -1.95. The van der Waals surface area contributed by atoms with Crippen molar-refractivity contribution < 1.29 is 4.74 Å². The molecular formula is C9H10N2OS. The van der Waals surface area contributed by atoms with Crippen LogP contribution in [-0.4, -0.2) is 7.11 Å². The van der Waals surface area contributed by atoms with E-state index in [9.17, 15) is 0 Å². The molecule has 0 atom stereocenters. The fraction of sp³-hybridized carbons (Fsp3) is 0.111. The summed E-state index contributed by atoms with van der Waals surface area (Å²) in [6.07, 6.45) is 0. The predicted molar refractivity (Wildman–Crippen MR) is 57.2 cm³/mol. The lowest BCUT2D eigenvalue weighted by molar-refractivity contribution is 0.422. The molecular weight excluding hydrogens is 184 g/mol. The Kier molecular flexibility index (Phi) is 1.77. The molecule has 2 rings (SSSR count). The fourth-order valence-electron chi connectivity index (χ4n) is 1.39. The second-order valence-corrected chi connectivity index (χ2v) is 3.67. The number of fused-ring (bicyclic) bond motifs is 1. The van der Waals surface area contributed by atoms with E-state index in [4.69, 9.17) is 16.2 Å². The molecule has 0 saturated heterocycles. The Labute approximate surface area is 79.9 Å². The molecule has 0 spiro atoms. The molecule has 13 heavy (non-hydrogen) atoms. The van der Waals surface area contributed by atoms with Gasteiger partial charge in [-0.15, -0.1) is 11.3 Å². The highest BCUT2D eigenvalue weighted by Gasteiger charge is 2.09. The molecule has 0 fully saturated rings. The molecule has 1 aromatic carbocycles. The maximum atomic E-state index is 5.80. The van der Waals surface area contributed by atoms with Crippen LogP contribution in [0.15, 0.2) is 17.5 Å². The van der Waals surface area contributed by atoms with Gasteiger partial charge in [-0.25, -0.2) is 0 Å². The van der Waals surface area contributed by atoms with E-state index in [0.29, 0.717) is 17.1 Å². The van der Waals surface area contributed by atoms with Gasteiger partial charge >= 0.3 is 0 Å². The van der Waals surface area contributed by atoms with Gasteiger partial charge in [-0.2, -0.15) is 0 Å². The van der Waals surface area contributed by atoms with E-state index in [-0.39, 0.29) is 0 Å². The van der Waals surface area contributed by atoms with Crippen LogP contribution >= 0.6 is 11.3 Å². The number of nitrogens with two attached hydrogens (primary N) is 2. The number of ether oxygens (including phenoxy) is 1. The zero-order chi connectivity index (χ0) is 9.42. The summed E-state index contributed by atoms with van der Waals surface area (Å²) in [6.45, 7) is 0. The molecule has 4 N–H and O–H groups in total. The Morgan fingerprint density at radius 1 is 1.31 bits per heavy atom. The van der Waals surface area contributed by atoms with Crippen molar-refractivity contribution in [2.24, 2.45) is 0 Å². The number of hydrogen-bond donors (Lipinski definition) is 2. The van der Waals surface area contributed by atoms with Gasteiger partial charge < -0.3 is 16.2 Å². The molecule has 1 heterocycles. The Bertz CT molecular complexity index is 450. The molecule has 0 aliphatic heterocycles. The van der Waals surface area contributed by atoms with Gasteiger partial charge in [-0.05, 0) is 17.5 Å². The molecule has 0 aliphatic rings. The quantitative estimate of drug-likeness (QED) is 0.683. The van der Waals surface area contributed by atoms with Crippen molar-refractivity contribution in [3.63, 3.8) is 0 Å². The number of methoxy groups -OCH3 is 1. The van der Waals surface area contributed by atoms with Gasteiger partial charge in [0, 0.05) is 5.39 Å². The molecule has 0 radical (unpaired) electrons. The van der Waals surface area contributed by atoms with Crippen molar-refractivity contribution in [2.75, 3.05) is 18.6 Å². The van der Waals surface area contributed by atoms with Crippen LogP contribution in [0.5, 0.6) is 5.75 Å². The minimum Gasteiger partial charge on any atom is -0.494 e. The number of benzene rings is 1. The van der Waals surface area contributed by atoms with Gasteiger partial charge in [0.15, 0.2) is 5.75 Å². The lowest BCUT2D eigenvalue weighted by atomic mass is 10.2. The van der Waals surface area contributed by atoms with Crippen molar-refractivity contribution in [3.05, 3.63) is 17.5 Å². The third kappa shape index (κ3) is 1.10. The maximum absolute atomic E-state index is 5.80. The minimum absolute atomic E-state index is 0.589. The summed E-state index contributed by atoms with van der Waals surface area (Å²) in [5.41, 5.74) is 12.9. The maximum Gasteiger partial charge on any atom is 0.150 e. The van der Waals surface area contributed by atoms with Crippen molar-refractivity contribution in [2.45, 2.75) is 0 Å². The van der Waals surface area contributed by atoms with Crippen LogP contribution < -0.4 is 16.2 Å². The Balaban J connectivity index is 2.88. The second kappa shape index (κ2) is 2.81. The molecule has 0 bridgehead atoms. The van der Waals surface area contributed by atoms with E-state index >= 15 is 0 Å². The highest BCUT2D eigenvalue weighted by atomic mass is 32.1. The van der Waals surface area contributed by atoms with Gasteiger partial charge in [0.1, 0.15) is 0 Å². The van der Waals surface area contributed by atoms with Gasteiger partial charge in [-0.1, -0.05) is 0 Å². The van der Waals surface area contributed by atoms with E-state index in [2.05, 4.69) is 0 Å². The average molecular weight is 194 g/mol. The van der Waals surface area contributed by atoms with Gasteiger partial charge in [0.2, 0.25) is 0 Å². The molecule has 1 aromatic heterocycles. The van der Waals surface area contributed by atoms with Crippen LogP contribution in [0, 0.1) is 0 Å². The standard InChI is InChI=1S/C9H10N2OS/c1-12-8-5-2-3-13-9(5)7(11)4-6(8)10/h2-4H,10-11H2,1H3. The van der Waals surface area contributed by atoms with Crippen molar-refractivity contribution in [1.29, 1.82) is 0 Å². The van der Waals surface area contributed by atoms with Crippen molar-refractivity contribution >= 4 is 32.8 Å². The molecule has 4 heteroatoms. The highest BCUT2D eigenvalue weighted by molar-refractivity contribution is 7.17. The van der Waals surface area contributed by atoms with Crippen LogP contribution in [-0.2, 0) is 0 Å². The van der Waals surface area contributed by atoms with Crippen LogP contribution in [0.4, 0.5) is 11.4 Å². The average Bonchev–Trinajstić information content (AvgIpc) is 2.53. The first kappa shape index (κ1) is 8.19. The third-order valence-corrected chi connectivity index (χ3v) is 2.91. The third-order valence-electron chi connectivity index (χ3n) is 1.95. The molecule has 0 amide bonds. The Hall–Kier alpha value is -1.42. The first-order valence-corrected chi connectivity index (χ1v) is 4.71. The van der Waals surface area contributed by atoms with Crippen molar-refractivity contribution in [3.8, 4) is 5.75 Å². The minimum atomic E-state index is 0.589. The number of rotatable bonds is 1. The summed E-state index contributed by atoms with van der Waals surface area (Å²) >= 11 is 1.59. The summed E-state index contributed by atoms with van der Waals surface area (Å²) in [4.78, 5) is 0. The smallest absolute Gasteiger partial charge is 0.150 e. The molecule has 0 unspecified atom stereocenters.